The van der Waals surface area contributed by atoms with E-state index in [2.05, 4.69) is 5.32 Å². The maximum atomic E-state index is 14.2. The van der Waals surface area contributed by atoms with Crippen molar-refractivity contribution in [3.63, 3.8) is 0 Å². The third-order valence-electron chi connectivity index (χ3n) is 4.48. The van der Waals surface area contributed by atoms with Crippen LogP contribution in [0.2, 0.25) is 0 Å². The van der Waals surface area contributed by atoms with Crippen molar-refractivity contribution in [2.75, 3.05) is 0 Å². The Kier molecular flexibility index (Phi) is 4.90. The first-order valence-electron chi connectivity index (χ1n) is 7.94. The first-order chi connectivity index (χ1) is 10.8. The minimum absolute atomic E-state index is 0.00590. The van der Waals surface area contributed by atoms with Crippen LogP contribution in [0, 0.1) is 11.7 Å². The van der Waals surface area contributed by atoms with Crippen LogP contribution in [-0.2, 0) is 13.2 Å². The molecule has 1 aliphatic rings. The van der Waals surface area contributed by atoms with Crippen LogP contribution < -0.4 is 5.32 Å². The maximum Gasteiger partial charge on any atom is 0.129 e. The standard InChI is InChI=1S/C18H22FNO2/c19-17-8-4-3-7-16(17)18(13-5-1-2-6-13)20-11-14-9-10-15(12-21)22-14/h3-4,7-10,13,18,20-21H,1-2,5-6,11-12H2/t18-/m0/s1. The molecular weight excluding hydrogens is 281 g/mol. The lowest BCUT2D eigenvalue weighted by atomic mass is 9.91. The number of nitrogens with one attached hydrogen (secondary N) is 1. The maximum absolute atomic E-state index is 14.2. The predicted molar refractivity (Wildman–Crippen MR) is 82.6 cm³/mol. The monoisotopic (exact) mass is 303 g/mol. The molecule has 0 bridgehead atoms. The van der Waals surface area contributed by atoms with Crippen LogP contribution in [0.25, 0.3) is 0 Å². The molecule has 118 valence electrons. The van der Waals surface area contributed by atoms with Gasteiger partial charge in [0.25, 0.3) is 0 Å². The van der Waals surface area contributed by atoms with Crippen molar-refractivity contribution in [2.45, 2.75) is 44.9 Å². The molecule has 0 unspecified atom stereocenters. The third-order valence-corrected chi connectivity index (χ3v) is 4.48. The lowest BCUT2D eigenvalue weighted by Gasteiger charge is -2.25. The fourth-order valence-electron chi connectivity index (χ4n) is 3.36. The van der Waals surface area contributed by atoms with E-state index >= 15 is 0 Å². The molecule has 0 radical (unpaired) electrons. The quantitative estimate of drug-likeness (QED) is 0.850. The van der Waals surface area contributed by atoms with Crippen molar-refractivity contribution in [3.05, 3.63) is 59.3 Å². The zero-order chi connectivity index (χ0) is 15.4. The molecule has 0 spiro atoms. The Hall–Kier alpha value is -1.65. The lowest BCUT2D eigenvalue weighted by molar-refractivity contribution is 0.241. The van der Waals surface area contributed by atoms with Crippen molar-refractivity contribution in [2.24, 2.45) is 5.92 Å². The second kappa shape index (κ2) is 7.07. The highest BCUT2D eigenvalue weighted by Gasteiger charge is 2.28. The van der Waals surface area contributed by atoms with Gasteiger partial charge in [0.1, 0.15) is 23.9 Å². The normalized spacial score (nSPS) is 17.0. The van der Waals surface area contributed by atoms with Gasteiger partial charge in [-0.05, 0) is 37.0 Å². The van der Waals surface area contributed by atoms with Gasteiger partial charge in [-0.15, -0.1) is 0 Å². The van der Waals surface area contributed by atoms with Gasteiger partial charge in [0.2, 0.25) is 0 Å². The van der Waals surface area contributed by atoms with Gasteiger partial charge in [-0.2, -0.15) is 0 Å². The van der Waals surface area contributed by atoms with E-state index in [1.165, 1.54) is 18.9 Å². The van der Waals surface area contributed by atoms with Crippen molar-refractivity contribution in [1.82, 2.24) is 5.32 Å². The molecule has 4 heteroatoms. The summed E-state index contributed by atoms with van der Waals surface area (Å²) in [5.74, 6) is 1.63. The molecule has 0 saturated heterocycles. The van der Waals surface area contributed by atoms with Gasteiger partial charge in [0.15, 0.2) is 0 Å². The van der Waals surface area contributed by atoms with Crippen LogP contribution in [-0.4, -0.2) is 5.11 Å². The third kappa shape index (κ3) is 3.39. The molecule has 1 heterocycles. The summed E-state index contributed by atoms with van der Waals surface area (Å²) in [6.45, 7) is 0.439. The second-order valence-corrected chi connectivity index (χ2v) is 5.95. The Labute approximate surface area is 130 Å². The average Bonchev–Trinajstić information content (AvgIpc) is 3.20. The van der Waals surface area contributed by atoms with Gasteiger partial charge in [-0.1, -0.05) is 31.0 Å². The molecule has 1 aromatic heterocycles. The number of halogens is 1. The van der Waals surface area contributed by atoms with Crippen LogP contribution in [0.4, 0.5) is 4.39 Å². The van der Waals surface area contributed by atoms with E-state index in [0.29, 0.717) is 18.2 Å². The molecule has 2 aromatic rings. The molecular formula is C18H22FNO2. The molecule has 3 rings (SSSR count). The SMILES string of the molecule is OCc1ccc(CN[C@H](c2ccccc2F)C2CCCC2)o1. The first kappa shape index (κ1) is 15.3. The Bertz CT molecular complexity index is 605. The topological polar surface area (TPSA) is 45.4 Å². The van der Waals surface area contributed by atoms with Gasteiger partial charge in [-0.25, -0.2) is 4.39 Å². The molecule has 0 amide bonds. The molecule has 1 aliphatic carbocycles. The smallest absolute Gasteiger partial charge is 0.129 e. The predicted octanol–water partition coefficient (Wildman–Crippen LogP) is 3.93. The van der Waals surface area contributed by atoms with Crippen molar-refractivity contribution < 1.29 is 13.9 Å². The number of rotatable bonds is 6. The molecule has 1 saturated carbocycles. The highest BCUT2D eigenvalue weighted by atomic mass is 19.1. The molecule has 3 nitrogen and oxygen atoms in total. The van der Waals surface area contributed by atoms with Crippen molar-refractivity contribution in [1.29, 1.82) is 0 Å². The van der Waals surface area contributed by atoms with Crippen LogP contribution in [0.15, 0.2) is 40.8 Å². The number of hydrogen-bond acceptors (Lipinski definition) is 3. The Balaban J connectivity index is 1.75. The van der Waals surface area contributed by atoms with Crippen molar-refractivity contribution in [3.8, 4) is 0 Å². The Morgan fingerprint density at radius 3 is 2.55 bits per heavy atom. The number of benzene rings is 1. The number of hydrogen-bond donors (Lipinski definition) is 2. The largest absolute Gasteiger partial charge is 0.462 e. The van der Waals surface area contributed by atoms with Gasteiger partial charge in [0.05, 0.1) is 6.54 Å². The summed E-state index contributed by atoms with van der Waals surface area (Å²) >= 11 is 0. The highest BCUT2D eigenvalue weighted by molar-refractivity contribution is 5.22. The molecule has 1 atom stereocenters. The fourth-order valence-corrected chi connectivity index (χ4v) is 3.36. The van der Waals surface area contributed by atoms with Crippen LogP contribution in [0.3, 0.4) is 0 Å². The van der Waals surface area contributed by atoms with Gasteiger partial charge in [0, 0.05) is 11.6 Å². The van der Waals surface area contributed by atoms with E-state index in [0.717, 1.165) is 24.2 Å². The molecule has 22 heavy (non-hydrogen) atoms. The van der Waals surface area contributed by atoms with Crippen LogP contribution in [0.5, 0.6) is 0 Å². The second-order valence-electron chi connectivity index (χ2n) is 5.95. The molecule has 0 aliphatic heterocycles. The Morgan fingerprint density at radius 1 is 1.14 bits per heavy atom. The fraction of sp³-hybridized carbons (Fsp3) is 0.444. The zero-order valence-electron chi connectivity index (χ0n) is 12.6. The van der Waals surface area contributed by atoms with Gasteiger partial charge < -0.3 is 14.8 Å². The van der Waals surface area contributed by atoms with E-state index in [4.69, 9.17) is 9.52 Å². The first-order valence-corrected chi connectivity index (χ1v) is 7.94. The molecule has 2 N–H and O–H groups in total. The summed E-state index contributed by atoms with van der Waals surface area (Å²) in [7, 11) is 0. The average molecular weight is 303 g/mol. The van der Waals surface area contributed by atoms with Gasteiger partial charge in [-0.3, -0.25) is 0 Å². The van der Waals surface area contributed by atoms with E-state index < -0.39 is 0 Å². The Morgan fingerprint density at radius 2 is 1.86 bits per heavy atom. The summed E-state index contributed by atoms with van der Waals surface area (Å²) in [6, 6.07) is 10.6. The van der Waals surface area contributed by atoms with E-state index in [1.54, 1.807) is 12.1 Å². The van der Waals surface area contributed by atoms with E-state index in [9.17, 15) is 4.39 Å². The lowest BCUT2D eigenvalue weighted by Crippen LogP contribution is -2.27. The molecule has 1 aromatic carbocycles. The minimum atomic E-state index is -0.151. The van der Waals surface area contributed by atoms with Crippen LogP contribution in [0.1, 0.15) is 48.8 Å². The molecule has 1 fully saturated rings. The van der Waals surface area contributed by atoms with Crippen LogP contribution >= 0.6 is 0 Å². The summed E-state index contributed by atoms with van der Waals surface area (Å²) in [6.07, 6.45) is 4.69. The number of furan rings is 1. The summed E-state index contributed by atoms with van der Waals surface area (Å²) in [5.41, 5.74) is 0.739. The van der Waals surface area contributed by atoms with Crippen molar-refractivity contribution >= 4 is 0 Å². The summed E-state index contributed by atoms with van der Waals surface area (Å²) < 4.78 is 19.7. The highest BCUT2D eigenvalue weighted by Crippen LogP contribution is 2.36. The van der Waals surface area contributed by atoms with E-state index in [-0.39, 0.29) is 18.5 Å². The number of aliphatic hydroxyl groups is 1. The number of aliphatic hydroxyl groups excluding tert-OH is 1. The van der Waals surface area contributed by atoms with Gasteiger partial charge >= 0.3 is 0 Å². The summed E-state index contributed by atoms with van der Waals surface area (Å²) in [4.78, 5) is 0. The zero-order valence-corrected chi connectivity index (χ0v) is 12.6. The van der Waals surface area contributed by atoms with E-state index in [1.807, 2.05) is 18.2 Å². The minimum Gasteiger partial charge on any atom is -0.462 e. The summed E-state index contributed by atoms with van der Waals surface area (Å²) in [5, 5.41) is 12.5.